The molecule has 0 unspecified atom stereocenters. The number of benzene rings is 1. The maximum absolute atomic E-state index is 5.10. The number of aromatic nitrogens is 2. The SMILES string of the molecule is CCCCc1nc2ccc3nc(CCCC)c(CCC)cc3c2cc1CCC. The van der Waals surface area contributed by atoms with E-state index in [0.29, 0.717) is 0 Å². The van der Waals surface area contributed by atoms with Gasteiger partial charge in [-0.25, -0.2) is 0 Å². The minimum atomic E-state index is 1.09. The molecule has 2 aromatic heterocycles. The van der Waals surface area contributed by atoms with Gasteiger partial charge in [0.2, 0.25) is 0 Å². The molecule has 2 nitrogen and oxygen atoms in total. The number of aryl methyl sites for hydroxylation is 4. The average Bonchev–Trinajstić information content (AvgIpc) is 2.71. The van der Waals surface area contributed by atoms with Crippen LogP contribution in [0.25, 0.3) is 21.8 Å². The Morgan fingerprint density at radius 3 is 1.36 bits per heavy atom. The van der Waals surface area contributed by atoms with Crippen LogP contribution in [0.2, 0.25) is 0 Å². The van der Waals surface area contributed by atoms with Crippen molar-refractivity contribution >= 4 is 21.8 Å². The Balaban J connectivity index is 2.17. The molecule has 3 rings (SSSR count). The topological polar surface area (TPSA) is 25.8 Å². The minimum Gasteiger partial charge on any atom is -0.253 e. The number of pyridine rings is 2. The Labute approximate surface area is 170 Å². The van der Waals surface area contributed by atoms with E-state index < -0.39 is 0 Å². The minimum absolute atomic E-state index is 1.09. The maximum atomic E-state index is 5.10. The van der Waals surface area contributed by atoms with Gasteiger partial charge in [0.1, 0.15) is 0 Å². The molecular weight excluding hydrogens is 340 g/mol. The van der Waals surface area contributed by atoms with Crippen LogP contribution in [-0.4, -0.2) is 9.97 Å². The van der Waals surface area contributed by atoms with E-state index in [4.69, 9.17) is 9.97 Å². The standard InChI is InChI=1S/C26H36N2/c1-5-9-13-23-19(11-7-3)17-21-22-18-20(12-8-4)24(14-10-6-2)28-26(22)16-15-25(21)27-23/h15-18H,5-14H2,1-4H3. The number of rotatable bonds is 10. The second kappa shape index (κ2) is 10.0. The summed E-state index contributed by atoms with van der Waals surface area (Å²) in [7, 11) is 0. The van der Waals surface area contributed by atoms with Crippen LogP contribution >= 0.6 is 0 Å². The highest BCUT2D eigenvalue weighted by Gasteiger charge is 2.12. The fourth-order valence-electron chi connectivity index (χ4n) is 4.15. The molecule has 0 saturated heterocycles. The molecule has 0 saturated carbocycles. The molecule has 28 heavy (non-hydrogen) atoms. The summed E-state index contributed by atoms with van der Waals surface area (Å²) in [6.45, 7) is 9.03. The van der Waals surface area contributed by atoms with Crippen molar-refractivity contribution in [1.29, 1.82) is 0 Å². The summed E-state index contributed by atoms with van der Waals surface area (Å²) in [6.07, 6.45) is 11.6. The summed E-state index contributed by atoms with van der Waals surface area (Å²) in [5.41, 5.74) is 7.73. The number of hydrogen-bond acceptors (Lipinski definition) is 2. The van der Waals surface area contributed by atoms with Gasteiger partial charge in [-0.05, 0) is 73.9 Å². The van der Waals surface area contributed by atoms with E-state index in [9.17, 15) is 0 Å². The molecule has 0 fully saturated rings. The average molecular weight is 377 g/mol. The molecule has 0 spiro atoms. The number of unbranched alkanes of at least 4 members (excludes halogenated alkanes) is 2. The Bertz CT molecular complexity index is 850. The lowest BCUT2D eigenvalue weighted by Gasteiger charge is -2.14. The van der Waals surface area contributed by atoms with Gasteiger partial charge in [0.05, 0.1) is 11.0 Å². The molecule has 0 radical (unpaired) electrons. The van der Waals surface area contributed by atoms with E-state index in [0.717, 1.165) is 49.6 Å². The van der Waals surface area contributed by atoms with Gasteiger partial charge < -0.3 is 0 Å². The van der Waals surface area contributed by atoms with Gasteiger partial charge in [-0.1, -0.05) is 53.4 Å². The molecule has 150 valence electrons. The molecule has 0 N–H and O–H groups in total. The largest absolute Gasteiger partial charge is 0.253 e. The summed E-state index contributed by atoms with van der Waals surface area (Å²) < 4.78 is 0. The number of hydrogen-bond donors (Lipinski definition) is 0. The van der Waals surface area contributed by atoms with E-state index in [1.807, 2.05) is 0 Å². The van der Waals surface area contributed by atoms with Crippen molar-refractivity contribution in [3.8, 4) is 0 Å². The van der Waals surface area contributed by atoms with Gasteiger partial charge in [-0.2, -0.15) is 0 Å². The van der Waals surface area contributed by atoms with Crippen molar-refractivity contribution in [2.45, 2.75) is 91.9 Å². The van der Waals surface area contributed by atoms with Crippen LogP contribution in [0.15, 0.2) is 24.3 Å². The summed E-state index contributed by atoms with van der Waals surface area (Å²) >= 11 is 0. The van der Waals surface area contributed by atoms with Crippen LogP contribution in [0.1, 0.15) is 88.7 Å². The lowest BCUT2D eigenvalue weighted by molar-refractivity contribution is 0.762. The van der Waals surface area contributed by atoms with E-state index in [-0.39, 0.29) is 0 Å². The van der Waals surface area contributed by atoms with Crippen LogP contribution in [0, 0.1) is 0 Å². The zero-order valence-electron chi connectivity index (χ0n) is 18.3. The van der Waals surface area contributed by atoms with Gasteiger partial charge >= 0.3 is 0 Å². The molecule has 0 aliphatic rings. The predicted molar refractivity (Wildman–Crippen MR) is 122 cm³/mol. The monoisotopic (exact) mass is 376 g/mol. The fourth-order valence-corrected chi connectivity index (χ4v) is 4.15. The molecule has 1 aromatic carbocycles. The first kappa shape index (κ1) is 20.8. The third-order valence-electron chi connectivity index (χ3n) is 5.70. The van der Waals surface area contributed by atoms with Gasteiger partial charge in [0.25, 0.3) is 0 Å². The van der Waals surface area contributed by atoms with Gasteiger partial charge in [-0.3, -0.25) is 9.97 Å². The van der Waals surface area contributed by atoms with Crippen LogP contribution in [0.5, 0.6) is 0 Å². The smallest absolute Gasteiger partial charge is 0.0713 e. The summed E-state index contributed by atoms with van der Waals surface area (Å²) in [4.78, 5) is 10.2. The van der Waals surface area contributed by atoms with Gasteiger partial charge in [0, 0.05) is 22.2 Å². The first-order valence-corrected chi connectivity index (χ1v) is 11.5. The lowest BCUT2D eigenvalue weighted by Crippen LogP contribution is -2.02. The Hall–Kier alpha value is -1.96. The lowest BCUT2D eigenvalue weighted by atomic mass is 9.97. The molecule has 0 bridgehead atoms. The third-order valence-corrected chi connectivity index (χ3v) is 5.70. The molecule has 0 aliphatic heterocycles. The van der Waals surface area contributed by atoms with E-state index in [1.165, 1.54) is 59.0 Å². The Morgan fingerprint density at radius 1 is 0.571 bits per heavy atom. The first-order valence-electron chi connectivity index (χ1n) is 11.5. The van der Waals surface area contributed by atoms with E-state index in [2.05, 4.69) is 52.0 Å². The highest BCUT2D eigenvalue weighted by atomic mass is 14.7. The first-order chi connectivity index (χ1) is 13.7. The molecule has 0 amide bonds. The van der Waals surface area contributed by atoms with Gasteiger partial charge in [0.15, 0.2) is 0 Å². The normalized spacial score (nSPS) is 11.6. The Kier molecular flexibility index (Phi) is 7.42. The highest BCUT2D eigenvalue weighted by molar-refractivity contribution is 6.05. The van der Waals surface area contributed by atoms with Crippen molar-refractivity contribution in [2.75, 3.05) is 0 Å². The molecule has 0 atom stereocenters. The number of nitrogens with zero attached hydrogens (tertiary/aromatic N) is 2. The summed E-state index contributed by atoms with van der Waals surface area (Å²) in [5, 5.41) is 2.57. The molecule has 2 heteroatoms. The molecule has 3 aromatic rings. The summed E-state index contributed by atoms with van der Waals surface area (Å²) in [6, 6.07) is 9.20. The van der Waals surface area contributed by atoms with Crippen molar-refractivity contribution in [2.24, 2.45) is 0 Å². The fraction of sp³-hybridized carbons (Fsp3) is 0.538. The van der Waals surface area contributed by atoms with E-state index >= 15 is 0 Å². The molecule has 0 aliphatic carbocycles. The van der Waals surface area contributed by atoms with Crippen LogP contribution < -0.4 is 0 Å². The molecular formula is C26H36N2. The maximum Gasteiger partial charge on any atom is 0.0713 e. The van der Waals surface area contributed by atoms with Crippen LogP contribution in [-0.2, 0) is 25.7 Å². The zero-order chi connectivity index (χ0) is 19.9. The van der Waals surface area contributed by atoms with E-state index in [1.54, 1.807) is 0 Å². The highest BCUT2D eigenvalue weighted by Crippen LogP contribution is 2.29. The second-order valence-corrected chi connectivity index (χ2v) is 8.09. The van der Waals surface area contributed by atoms with Crippen molar-refractivity contribution in [1.82, 2.24) is 9.97 Å². The van der Waals surface area contributed by atoms with Gasteiger partial charge in [-0.15, -0.1) is 0 Å². The zero-order valence-corrected chi connectivity index (χ0v) is 18.3. The van der Waals surface area contributed by atoms with Crippen LogP contribution in [0.3, 0.4) is 0 Å². The molecule has 2 heterocycles. The van der Waals surface area contributed by atoms with Crippen LogP contribution in [0.4, 0.5) is 0 Å². The van der Waals surface area contributed by atoms with Crippen molar-refractivity contribution in [3.05, 3.63) is 46.8 Å². The Morgan fingerprint density at radius 2 is 1.00 bits per heavy atom. The third kappa shape index (κ3) is 4.54. The predicted octanol–water partition coefficient (Wildman–Crippen LogP) is 7.37. The summed E-state index contributed by atoms with van der Waals surface area (Å²) in [5.74, 6) is 0. The number of fused-ring (bicyclic) bond motifs is 3. The van der Waals surface area contributed by atoms with Crippen molar-refractivity contribution in [3.63, 3.8) is 0 Å². The quantitative estimate of drug-likeness (QED) is 0.345. The second-order valence-electron chi connectivity index (χ2n) is 8.09. The van der Waals surface area contributed by atoms with Crippen molar-refractivity contribution < 1.29 is 0 Å².